The summed E-state index contributed by atoms with van der Waals surface area (Å²) in [4.78, 5) is 29.6. The molecule has 2 heterocycles. The molecule has 35 heavy (non-hydrogen) atoms. The van der Waals surface area contributed by atoms with E-state index < -0.39 is 41.7 Å². The summed E-state index contributed by atoms with van der Waals surface area (Å²) >= 11 is 0. The molecule has 1 aromatic carbocycles. The van der Waals surface area contributed by atoms with Gasteiger partial charge in [0.25, 0.3) is 5.91 Å². The van der Waals surface area contributed by atoms with E-state index in [2.05, 4.69) is 20.9 Å². The maximum Gasteiger partial charge on any atom is 0.416 e. The van der Waals surface area contributed by atoms with Gasteiger partial charge in [-0.25, -0.2) is 0 Å². The molecule has 2 atom stereocenters. The van der Waals surface area contributed by atoms with Crippen LogP contribution in [0.15, 0.2) is 48.7 Å². The van der Waals surface area contributed by atoms with E-state index in [1.54, 1.807) is 6.20 Å². The molecule has 7 nitrogen and oxygen atoms in total. The SMILES string of the molecule is O=C(CNC(=O)c1cccc(C(F)(F)F)c1)N[C@@]1(C2CCC(c3ccccn3)CC2)CNC[C@@H]1O. The van der Waals surface area contributed by atoms with E-state index in [1.165, 1.54) is 6.07 Å². The van der Waals surface area contributed by atoms with Crippen LogP contribution in [0.25, 0.3) is 0 Å². The molecule has 4 N–H and O–H groups in total. The van der Waals surface area contributed by atoms with Crippen molar-refractivity contribution in [2.45, 2.75) is 49.4 Å². The molecule has 1 aromatic heterocycles. The molecule has 0 spiro atoms. The van der Waals surface area contributed by atoms with Crippen LogP contribution in [0.3, 0.4) is 0 Å². The van der Waals surface area contributed by atoms with Crippen molar-refractivity contribution in [3.05, 3.63) is 65.5 Å². The third-order valence-electron chi connectivity index (χ3n) is 7.15. The Bertz CT molecular complexity index is 1040. The second-order valence-electron chi connectivity index (χ2n) is 9.30. The molecule has 2 aliphatic rings. The predicted molar refractivity (Wildman–Crippen MR) is 122 cm³/mol. The topological polar surface area (TPSA) is 103 Å². The number of halogens is 3. The van der Waals surface area contributed by atoms with Gasteiger partial charge in [0, 0.05) is 36.5 Å². The highest BCUT2D eigenvalue weighted by Gasteiger charge is 2.50. The number of rotatable bonds is 6. The van der Waals surface area contributed by atoms with Crippen molar-refractivity contribution in [1.29, 1.82) is 0 Å². The van der Waals surface area contributed by atoms with Gasteiger partial charge in [-0.05, 0) is 61.9 Å². The minimum absolute atomic E-state index is 0.0376. The molecule has 0 unspecified atom stereocenters. The molecule has 4 rings (SSSR count). The van der Waals surface area contributed by atoms with Gasteiger partial charge < -0.3 is 21.1 Å². The average Bonchev–Trinajstić information content (AvgIpc) is 3.23. The van der Waals surface area contributed by atoms with Gasteiger partial charge in [-0.2, -0.15) is 13.2 Å². The van der Waals surface area contributed by atoms with Gasteiger partial charge in [0.15, 0.2) is 0 Å². The van der Waals surface area contributed by atoms with E-state index in [-0.39, 0.29) is 11.5 Å². The number of aliphatic hydroxyl groups excluding tert-OH is 1. The summed E-state index contributed by atoms with van der Waals surface area (Å²) in [6.07, 6.45) is -0.200. The lowest BCUT2D eigenvalue weighted by atomic mass is 9.69. The maximum absolute atomic E-state index is 12.9. The molecule has 1 aliphatic carbocycles. The number of β-amino-alcohol motifs (C(OH)–C–C–N with tert-alkyl or cyclic N) is 1. The number of aromatic nitrogens is 1. The van der Waals surface area contributed by atoms with Gasteiger partial charge in [-0.3, -0.25) is 14.6 Å². The third-order valence-corrected chi connectivity index (χ3v) is 7.15. The first-order valence-electron chi connectivity index (χ1n) is 11.8. The van der Waals surface area contributed by atoms with Crippen LogP contribution in [0.1, 0.15) is 53.2 Å². The van der Waals surface area contributed by atoms with Crippen LogP contribution < -0.4 is 16.0 Å². The fourth-order valence-electron chi connectivity index (χ4n) is 5.29. The molecule has 2 aromatic rings. The molecule has 0 bridgehead atoms. The minimum Gasteiger partial charge on any atom is -0.389 e. The van der Waals surface area contributed by atoms with Gasteiger partial charge in [0.2, 0.25) is 5.91 Å². The van der Waals surface area contributed by atoms with Crippen LogP contribution in [0, 0.1) is 5.92 Å². The number of aliphatic hydroxyl groups is 1. The zero-order valence-corrected chi connectivity index (χ0v) is 19.1. The Kier molecular flexibility index (Phi) is 7.42. The standard InChI is InChI=1S/C25H29F3N4O3/c26-25(27,28)19-5-3-4-17(12-19)23(35)31-14-22(34)32-24(15-29-13-21(24)33)18-9-7-16(8-10-18)20-6-1-2-11-30-20/h1-6,11-12,16,18,21,29,33H,7-10,13-15H2,(H,31,35)(H,32,34)/t16?,18?,21-,24+/m0/s1. The number of carbonyl (C=O) groups excluding carboxylic acids is 2. The summed E-state index contributed by atoms with van der Waals surface area (Å²) in [5, 5.41) is 19.3. The first-order chi connectivity index (χ1) is 16.7. The molecule has 1 saturated carbocycles. The zero-order valence-electron chi connectivity index (χ0n) is 19.1. The van der Waals surface area contributed by atoms with Crippen LogP contribution in [-0.4, -0.2) is 53.2 Å². The molecule has 0 radical (unpaired) electrons. The van der Waals surface area contributed by atoms with Gasteiger partial charge in [-0.1, -0.05) is 12.1 Å². The van der Waals surface area contributed by atoms with Crippen molar-refractivity contribution < 1.29 is 27.9 Å². The largest absolute Gasteiger partial charge is 0.416 e. The fraction of sp³-hybridized carbons (Fsp3) is 0.480. The second-order valence-corrected chi connectivity index (χ2v) is 9.30. The van der Waals surface area contributed by atoms with E-state index >= 15 is 0 Å². The molecule has 1 aliphatic heterocycles. The third kappa shape index (κ3) is 5.65. The average molecular weight is 491 g/mol. The van der Waals surface area contributed by atoms with Crippen molar-refractivity contribution >= 4 is 11.8 Å². The van der Waals surface area contributed by atoms with Crippen molar-refractivity contribution in [1.82, 2.24) is 20.9 Å². The summed E-state index contributed by atoms with van der Waals surface area (Å²) in [5.41, 5.74) is -0.938. The van der Waals surface area contributed by atoms with Crippen molar-refractivity contribution in [2.75, 3.05) is 19.6 Å². The molecule has 10 heteroatoms. The number of benzene rings is 1. The Hall–Kier alpha value is -2.98. The number of amides is 2. The predicted octanol–water partition coefficient (Wildman–Crippen LogP) is 2.62. The van der Waals surface area contributed by atoms with Crippen LogP contribution in [0.4, 0.5) is 13.2 Å². The van der Waals surface area contributed by atoms with Crippen LogP contribution in [0.2, 0.25) is 0 Å². The lowest BCUT2D eigenvalue weighted by Crippen LogP contribution is -2.63. The van der Waals surface area contributed by atoms with E-state index in [0.717, 1.165) is 49.6 Å². The van der Waals surface area contributed by atoms with Crippen LogP contribution in [0.5, 0.6) is 0 Å². The summed E-state index contributed by atoms with van der Waals surface area (Å²) in [6, 6.07) is 9.90. The van der Waals surface area contributed by atoms with Gasteiger partial charge in [0.05, 0.1) is 23.8 Å². The monoisotopic (exact) mass is 490 g/mol. The van der Waals surface area contributed by atoms with Gasteiger partial charge in [0.1, 0.15) is 0 Å². The van der Waals surface area contributed by atoms with Crippen molar-refractivity contribution in [2.24, 2.45) is 5.92 Å². The Morgan fingerprint density at radius 1 is 1.11 bits per heavy atom. The molecule has 2 fully saturated rings. The number of carbonyl (C=O) groups is 2. The van der Waals surface area contributed by atoms with Crippen LogP contribution in [-0.2, 0) is 11.0 Å². The zero-order chi connectivity index (χ0) is 25.1. The molecular formula is C25H29F3N4O3. The Morgan fingerprint density at radius 3 is 2.51 bits per heavy atom. The Balaban J connectivity index is 1.37. The first kappa shape index (κ1) is 25.1. The molecular weight excluding hydrogens is 461 g/mol. The summed E-state index contributed by atoms with van der Waals surface area (Å²) < 4.78 is 38.8. The molecule has 1 saturated heterocycles. The fourth-order valence-corrected chi connectivity index (χ4v) is 5.29. The van der Waals surface area contributed by atoms with Gasteiger partial charge >= 0.3 is 6.18 Å². The quantitative estimate of drug-likeness (QED) is 0.499. The lowest BCUT2D eigenvalue weighted by molar-refractivity contribution is -0.137. The molecule has 188 valence electrons. The van der Waals surface area contributed by atoms with E-state index in [1.807, 2.05) is 18.2 Å². The normalized spacial score (nSPS) is 26.8. The van der Waals surface area contributed by atoms with E-state index in [9.17, 15) is 27.9 Å². The number of hydrogen-bond acceptors (Lipinski definition) is 5. The van der Waals surface area contributed by atoms with Crippen LogP contribution >= 0.6 is 0 Å². The second kappa shape index (κ2) is 10.3. The minimum atomic E-state index is -4.57. The highest BCUT2D eigenvalue weighted by Crippen LogP contribution is 2.41. The summed E-state index contributed by atoms with van der Waals surface area (Å²) in [6.45, 7) is 0.338. The van der Waals surface area contributed by atoms with Crippen molar-refractivity contribution in [3.63, 3.8) is 0 Å². The smallest absolute Gasteiger partial charge is 0.389 e. The van der Waals surface area contributed by atoms with E-state index in [0.29, 0.717) is 19.0 Å². The Labute approximate surface area is 201 Å². The number of hydrogen-bond donors (Lipinski definition) is 4. The maximum atomic E-state index is 12.9. The van der Waals surface area contributed by atoms with Gasteiger partial charge in [-0.15, -0.1) is 0 Å². The Morgan fingerprint density at radius 2 is 1.89 bits per heavy atom. The number of pyridine rings is 1. The highest BCUT2D eigenvalue weighted by atomic mass is 19.4. The first-order valence-corrected chi connectivity index (χ1v) is 11.8. The summed E-state index contributed by atoms with van der Waals surface area (Å²) in [7, 11) is 0. The highest BCUT2D eigenvalue weighted by molar-refractivity contribution is 5.96. The number of alkyl halides is 3. The molecule has 2 amide bonds. The number of nitrogens with zero attached hydrogens (tertiary/aromatic N) is 1. The van der Waals surface area contributed by atoms with Crippen molar-refractivity contribution in [3.8, 4) is 0 Å². The lowest BCUT2D eigenvalue weighted by Gasteiger charge is -2.43. The summed E-state index contributed by atoms with van der Waals surface area (Å²) in [5.74, 6) is -0.907. The number of nitrogens with one attached hydrogen (secondary N) is 3. The van der Waals surface area contributed by atoms with E-state index in [4.69, 9.17) is 0 Å².